The minimum Gasteiger partial charge on any atom is -0.383 e. The zero-order chi connectivity index (χ0) is 13.5. The fourth-order valence-electron chi connectivity index (χ4n) is 1.86. The van der Waals surface area contributed by atoms with Crippen LogP contribution in [0.5, 0.6) is 0 Å². The van der Waals surface area contributed by atoms with Gasteiger partial charge in [-0.2, -0.15) is 18.3 Å². The van der Waals surface area contributed by atoms with Crippen molar-refractivity contribution in [2.24, 2.45) is 7.05 Å². The van der Waals surface area contributed by atoms with Gasteiger partial charge in [-0.3, -0.25) is 4.68 Å². The van der Waals surface area contributed by atoms with Crippen LogP contribution >= 0.6 is 0 Å². The number of halogens is 3. The normalized spacial score (nSPS) is 11.8. The first-order valence-electron chi connectivity index (χ1n) is 5.27. The van der Waals surface area contributed by atoms with Crippen molar-refractivity contribution in [2.45, 2.75) is 13.1 Å². The third kappa shape index (κ3) is 2.05. The number of benzene rings is 1. The van der Waals surface area contributed by atoms with Crippen LogP contribution in [0.3, 0.4) is 0 Å². The monoisotopic (exact) mass is 255 g/mol. The van der Waals surface area contributed by atoms with Gasteiger partial charge in [-0.25, -0.2) is 0 Å². The Kier molecular flexibility index (Phi) is 2.80. The fraction of sp³-hybridized carbons (Fsp3) is 0.250. The maximum atomic E-state index is 12.4. The Bertz CT molecular complexity index is 567. The number of nitrogens with zero attached hydrogens (tertiary/aromatic N) is 2. The van der Waals surface area contributed by atoms with E-state index in [0.29, 0.717) is 22.6 Å². The van der Waals surface area contributed by atoms with Gasteiger partial charge in [0.2, 0.25) is 0 Å². The van der Waals surface area contributed by atoms with Crippen molar-refractivity contribution >= 4 is 5.82 Å². The molecular formula is C12H12F3N3. The highest BCUT2D eigenvalue weighted by atomic mass is 19.4. The van der Waals surface area contributed by atoms with E-state index in [2.05, 4.69) is 5.10 Å². The van der Waals surface area contributed by atoms with Crippen LogP contribution in [0.2, 0.25) is 0 Å². The number of aryl methyl sites for hydroxylation is 2. The van der Waals surface area contributed by atoms with Crippen molar-refractivity contribution in [3.8, 4) is 11.1 Å². The lowest BCUT2D eigenvalue weighted by Gasteiger charge is -2.07. The number of hydrogen-bond acceptors (Lipinski definition) is 2. The minimum atomic E-state index is -4.33. The topological polar surface area (TPSA) is 43.8 Å². The number of alkyl halides is 3. The summed E-state index contributed by atoms with van der Waals surface area (Å²) in [6.45, 7) is 1.77. The molecule has 0 saturated heterocycles. The van der Waals surface area contributed by atoms with Gasteiger partial charge in [-0.05, 0) is 24.6 Å². The predicted molar refractivity (Wildman–Crippen MR) is 62.8 cm³/mol. The maximum Gasteiger partial charge on any atom is 0.416 e. The molecule has 1 aromatic heterocycles. The molecule has 2 aromatic rings. The molecular weight excluding hydrogens is 243 g/mol. The van der Waals surface area contributed by atoms with E-state index in [1.54, 1.807) is 14.0 Å². The molecule has 0 atom stereocenters. The first-order valence-corrected chi connectivity index (χ1v) is 5.27. The van der Waals surface area contributed by atoms with E-state index in [1.165, 1.54) is 16.8 Å². The van der Waals surface area contributed by atoms with E-state index in [-0.39, 0.29) is 0 Å². The smallest absolute Gasteiger partial charge is 0.383 e. The standard InChI is InChI=1S/C12H12F3N3/c1-7-10(11(16)18(2)17-7)8-3-5-9(6-4-8)12(13,14)15/h3-6H,16H2,1-2H3. The molecule has 0 spiro atoms. The van der Waals surface area contributed by atoms with Gasteiger partial charge in [0.15, 0.2) is 0 Å². The van der Waals surface area contributed by atoms with E-state index in [1.807, 2.05) is 0 Å². The number of nitrogens with two attached hydrogens (primary N) is 1. The molecule has 0 unspecified atom stereocenters. The number of aromatic nitrogens is 2. The summed E-state index contributed by atoms with van der Waals surface area (Å²) >= 11 is 0. The summed E-state index contributed by atoms with van der Waals surface area (Å²) < 4.78 is 38.8. The molecule has 0 fully saturated rings. The van der Waals surface area contributed by atoms with E-state index in [4.69, 9.17) is 5.73 Å². The number of rotatable bonds is 1. The average Bonchev–Trinajstić information content (AvgIpc) is 2.52. The van der Waals surface area contributed by atoms with Gasteiger partial charge in [0, 0.05) is 12.6 Å². The molecule has 0 aliphatic carbocycles. The summed E-state index contributed by atoms with van der Waals surface area (Å²) in [5.74, 6) is 0.437. The molecule has 0 amide bonds. The second-order valence-electron chi connectivity index (χ2n) is 4.04. The predicted octanol–water partition coefficient (Wildman–Crippen LogP) is 3.00. The van der Waals surface area contributed by atoms with Crippen molar-refractivity contribution in [3.63, 3.8) is 0 Å². The Morgan fingerprint density at radius 1 is 1.17 bits per heavy atom. The van der Waals surface area contributed by atoms with E-state index in [9.17, 15) is 13.2 Å². The van der Waals surface area contributed by atoms with Crippen molar-refractivity contribution in [2.75, 3.05) is 5.73 Å². The molecule has 0 aliphatic heterocycles. The van der Waals surface area contributed by atoms with Crippen LogP contribution in [0, 0.1) is 6.92 Å². The Labute approximate surface area is 102 Å². The van der Waals surface area contributed by atoms with E-state index < -0.39 is 11.7 Å². The number of hydrogen-bond donors (Lipinski definition) is 1. The Balaban J connectivity index is 2.47. The molecule has 0 radical (unpaired) electrons. The van der Waals surface area contributed by atoms with Gasteiger partial charge in [-0.1, -0.05) is 12.1 Å². The quantitative estimate of drug-likeness (QED) is 0.851. The molecule has 0 saturated carbocycles. The molecule has 3 nitrogen and oxygen atoms in total. The molecule has 2 rings (SSSR count). The molecule has 96 valence electrons. The van der Waals surface area contributed by atoms with E-state index >= 15 is 0 Å². The minimum absolute atomic E-state index is 0.437. The van der Waals surface area contributed by atoms with Crippen LogP contribution < -0.4 is 5.73 Å². The van der Waals surface area contributed by atoms with Crippen molar-refractivity contribution in [1.82, 2.24) is 9.78 Å². The Morgan fingerprint density at radius 3 is 2.11 bits per heavy atom. The number of anilines is 1. The lowest BCUT2D eigenvalue weighted by atomic mass is 10.0. The molecule has 6 heteroatoms. The average molecular weight is 255 g/mol. The molecule has 18 heavy (non-hydrogen) atoms. The van der Waals surface area contributed by atoms with Crippen molar-refractivity contribution < 1.29 is 13.2 Å². The maximum absolute atomic E-state index is 12.4. The SMILES string of the molecule is Cc1nn(C)c(N)c1-c1ccc(C(F)(F)F)cc1. The summed E-state index contributed by atoms with van der Waals surface area (Å²) in [6.07, 6.45) is -4.33. The molecule has 0 bridgehead atoms. The third-order valence-electron chi connectivity index (χ3n) is 2.77. The highest BCUT2D eigenvalue weighted by Crippen LogP contribution is 2.33. The van der Waals surface area contributed by atoms with Crippen LogP contribution in [-0.4, -0.2) is 9.78 Å². The van der Waals surface area contributed by atoms with Gasteiger partial charge >= 0.3 is 6.18 Å². The van der Waals surface area contributed by atoms with Gasteiger partial charge in [0.1, 0.15) is 5.82 Å². The molecule has 2 N–H and O–H groups in total. The Hall–Kier alpha value is -1.98. The number of nitrogen functional groups attached to an aromatic ring is 1. The summed E-state index contributed by atoms with van der Waals surface area (Å²) in [5.41, 5.74) is 7.16. The molecule has 1 aromatic carbocycles. The molecule has 1 heterocycles. The second-order valence-corrected chi connectivity index (χ2v) is 4.04. The van der Waals surface area contributed by atoms with Crippen molar-refractivity contribution in [1.29, 1.82) is 0 Å². The summed E-state index contributed by atoms with van der Waals surface area (Å²) in [4.78, 5) is 0. The Morgan fingerprint density at radius 2 is 1.72 bits per heavy atom. The zero-order valence-electron chi connectivity index (χ0n) is 9.92. The van der Waals surface area contributed by atoms with Gasteiger partial charge < -0.3 is 5.73 Å². The summed E-state index contributed by atoms with van der Waals surface area (Å²) in [7, 11) is 1.69. The first kappa shape index (κ1) is 12.5. The highest BCUT2D eigenvalue weighted by Gasteiger charge is 2.30. The zero-order valence-corrected chi connectivity index (χ0v) is 9.92. The van der Waals surface area contributed by atoms with Crippen LogP contribution in [-0.2, 0) is 13.2 Å². The van der Waals surface area contributed by atoms with Crippen molar-refractivity contribution in [3.05, 3.63) is 35.5 Å². The van der Waals surface area contributed by atoms with Gasteiger partial charge in [-0.15, -0.1) is 0 Å². The van der Waals surface area contributed by atoms with Gasteiger partial charge in [0.05, 0.1) is 11.3 Å². The fourth-order valence-corrected chi connectivity index (χ4v) is 1.86. The first-order chi connectivity index (χ1) is 8.30. The largest absolute Gasteiger partial charge is 0.416 e. The van der Waals surface area contributed by atoms with Crippen LogP contribution in [0.25, 0.3) is 11.1 Å². The van der Waals surface area contributed by atoms with E-state index in [0.717, 1.165) is 12.1 Å². The van der Waals surface area contributed by atoms with Crippen LogP contribution in [0.4, 0.5) is 19.0 Å². The lowest BCUT2D eigenvalue weighted by Crippen LogP contribution is -2.04. The second kappa shape index (κ2) is 4.04. The molecule has 0 aliphatic rings. The lowest BCUT2D eigenvalue weighted by molar-refractivity contribution is -0.137. The van der Waals surface area contributed by atoms with Gasteiger partial charge in [0.25, 0.3) is 0 Å². The summed E-state index contributed by atoms with van der Waals surface area (Å²) in [6, 6.07) is 4.90. The third-order valence-corrected chi connectivity index (χ3v) is 2.77. The summed E-state index contributed by atoms with van der Waals surface area (Å²) in [5, 5.41) is 4.13. The van der Waals surface area contributed by atoms with Crippen LogP contribution in [0.1, 0.15) is 11.3 Å². The highest BCUT2D eigenvalue weighted by molar-refractivity contribution is 5.76. The van der Waals surface area contributed by atoms with Crippen LogP contribution in [0.15, 0.2) is 24.3 Å².